The lowest BCUT2D eigenvalue weighted by molar-refractivity contribution is -0.243. The Morgan fingerprint density at radius 3 is 2.22 bits per heavy atom. The van der Waals surface area contributed by atoms with Crippen molar-refractivity contribution in [3.8, 4) is 0 Å². The van der Waals surface area contributed by atoms with Gasteiger partial charge in [0.05, 0.1) is 19.3 Å². The van der Waals surface area contributed by atoms with Gasteiger partial charge in [-0.05, 0) is 80.0 Å². The van der Waals surface area contributed by atoms with Crippen LogP contribution in [0, 0.1) is 46.3 Å². The number of fused-ring (bicyclic) bond motifs is 5. The summed E-state index contributed by atoms with van der Waals surface area (Å²) in [6, 6.07) is 0. The van der Waals surface area contributed by atoms with E-state index in [0.717, 1.165) is 12.8 Å². The van der Waals surface area contributed by atoms with Crippen molar-refractivity contribution in [1.82, 2.24) is 0 Å². The molecule has 0 heterocycles. The highest BCUT2D eigenvalue weighted by molar-refractivity contribution is 5.69. The van der Waals surface area contributed by atoms with Crippen LogP contribution in [-0.2, 0) is 28.6 Å². The minimum atomic E-state index is -0.675. The van der Waals surface area contributed by atoms with Crippen LogP contribution in [-0.4, -0.2) is 59.6 Å². The first-order chi connectivity index (χ1) is 17.3. The predicted octanol–water partition coefficient (Wildman–Crippen LogP) is 3.65. The van der Waals surface area contributed by atoms with Crippen LogP contribution in [0.5, 0.6) is 0 Å². The molecule has 210 valence electrons. The van der Waals surface area contributed by atoms with E-state index in [9.17, 15) is 24.6 Å². The van der Waals surface area contributed by atoms with Crippen LogP contribution in [0.2, 0.25) is 0 Å². The maximum atomic E-state index is 12.4. The standard InChI is InChI=1S/C29H46O8/c1-15(7-10-26(34)35-6)20-8-9-21-27-22(14-25(29(20,21)5)37-17(3)31)28(4)18(11-19(32)13-24(28)33)12-23(27)36-16(2)30/h15,18-25,27,32-33H,7-14H2,1-6H3/t15-,18+,19+,20-,21+,22+,23-,24-,25+,27+,28+,29-/m1/s1. The minimum Gasteiger partial charge on any atom is -0.469 e. The van der Waals surface area contributed by atoms with Gasteiger partial charge in [0, 0.05) is 31.6 Å². The van der Waals surface area contributed by atoms with E-state index < -0.39 is 17.6 Å². The highest BCUT2D eigenvalue weighted by Crippen LogP contribution is 2.69. The SMILES string of the molecule is COC(=O)CC[C@@H](C)[C@H]1CC[C@H]2[C@@H]3[C@H](OC(C)=O)C[C@@H]4C[C@H](O)C[C@@H](O)[C@]4(C)[C@H]3C[C@H](OC(C)=O)[C@]12C. The van der Waals surface area contributed by atoms with Crippen molar-refractivity contribution in [1.29, 1.82) is 0 Å². The Bertz CT molecular complexity index is 889. The third kappa shape index (κ3) is 4.81. The third-order valence-corrected chi connectivity index (χ3v) is 11.2. The van der Waals surface area contributed by atoms with Crippen molar-refractivity contribution in [3.63, 3.8) is 0 Å². The van der Waals surface area contributed by atoms with Gasteiger partial charge in [-0.2, -0.15) is 0 Å². The van der Waals surface area contributed by atoms with Crippen molar-refractivity contribution in [2.24, 2.45) is 46.3 Å². The summed E-state index contributed by atoms with van der Waals surface area (Å²) in [5.74, 6) is -0.222. The first-order valence-corrected chi connectivity index (χ1v) is 14.1. The maximum Gasteiger partial charge on any atom is 0.305 e. The van der Waals surface area contributed by atoms with E-state index >= 15 is 0 Å². The first kappa shape index (κ1) is 28.3. The zero-order valence-electron chi connectivity index (χ0n) is 23.3. The van der Waals surface area contributed by atoms with Gasteiger partial charge in [0.1, 0.15) is 12.2 Å². The summed E-state index contributed by atoms with van der Waals surface area (Å²) < 4.78 is 17.0. The fourth-order valence-electron chi connectivity index (χ4n) is 9.51. The number of esters is 3. The number of ether oxygens (including phenoxy) is 3. The van der Waals surface area contributed by atoms with Gasteiger partial charge in [-0.15, -0.1) is 0 Å². The fourth-order valence-corrected chi connectivity index (χ4v) is 9.51. The molecule has 4 aliphatic rings. The summed E-state index contributed by atoms with van der Waals surface area (Å²) in [4.78, 5) is 36.5. The lowest BCUT2D eigenvalue weighted by Crippen LogP contribution is -2.66. The molecular weight excluding hydrogens is 476 g/mol. The Labute approximate surface area is 220 Å². The number of methoxy groups -OCH3 is 1. The zero-order chi connectivity index (χ0) is 27.3. The molecule has 4 fully saturated rings. The van der Waals surface area contributed by atoms with Gasteiger partial charge in [-0.3, -0.25) is 14.4 Å². The average molecular weight is 523 g/mol. The van der Waals surface area contributed by atoms with E-state index in [0.29, 0.717) is 38.5 Å². The molecule has 0 radical (unpaired) electrons. The van der Waals surface area contributed by atoms with E-state index in [1.54, 1.807) is 0 Å². The van der Waals surface area contributed by atoms with Crippen LogP contribution >= 0.6 is 0 Å². The van der Waals surface area contributed by atoms with Crippen LogP contribution < -0.4 is 0 Å². The molecule has 0 spiro atoms. The highest BCUT2D eigenvalue weighted by Gasteiger charge is 2.69. The van der Waals surface area contributed by atoms with Gasteiger partial charge in [-0.25, -0.2) is 0 Å². The largest absolute Gasteiger partial charge is 0.469 e. The lowest BCUT2D eigenvalue weighted by Gasteiger charge is -2.65. The molecule has 0 aromatic rings. The normalized spacial score (nSPS) is 45.6. The highest BCUT2D eigenvalue weighted by atomic mass is 16.5. The summed E-state index contributed by atoms with van der Waals surface area (Å²) in [6.07, 6.45) is 3.14. The van der Waals surface area contributed by atoms with Crippen molar-refractivity contribution >= 4 is 17.9 Å². The van der Waals surface area contributed by atoms with E-state index in [2.05, 4.69) is 20.8 Å². The molecule has 0 bridgehead atoms. The summed E-state index contributed by atoms with van der Waals surface area (Å²) in [5, 5.41) is 21.9. The Hall–Kier alpha value is -1.67. The Balaban J connectivity index is 1.74. The Morgan fingerprint density at radius 1 is 0.919 bits per heavy atom. The van der Waals surface area contributed by atoms with Gasteiger partial charge in [0.25, 0.3) is 0 Å². The number of carbonyl (C=O) groups excluding carboxylic acids is 3. The summed E-state index contributed by atoms with van der Waals surface area (Å²) in [7, 11) is 1.41. The molecule has 0 aromatic carbocycles. The molecular formula is C29H46O8. The van der Waals surface area contributed by atoms with E-state index in [-0.39, 0.29) is 71.0 Å². The molecule has 8 heteroatoms. The number of carbonyl (C=O) groups is 3. The molecule has 4 aliphatic carbocycles. The van der Waals surface area contributed by atoms with Gasteiger partial charge >= 0.3 is 17.9 Å². The fraction of sp³-hybridized carbons (Fsp3) is 0.897. The van der Waals surface area contributed by atoms with Crippen LogP contribution in [0.25, 0.3) is 0 Å². The van der Waals surface area contributed by atoms with Gasteiger partial charge in [0.15, 0.2) is 0 Å². The zero-order valence-corrected chi connectivity index (χ0v) is 23.3. The molecule has 2 N–H and O–H groups in total. The first-order valence-electron chi connectivity index (χ1n) is 14.1. The number of aliphatic hydroxyl groups is 2. The van der Waals surface area contributed by atoms with E-state index in [4.69, 9.17) is 14.2 Å². The quantitative estimate of drug-likeness (QED) is 0.401. The second kappa shape index (κ2) is 10.5. The molecule has 0 amide bonds. The second-order valence-corrected chi connectivity index (χ2v) is 12.9. The molecule has 0 aromatic heterocycles. The average Bonchev–Trinajstić information content (AvgIpc) is 3.17. The van der Waals surface area contributed by atoms with Crippen molar-refractivity contribution in [2.75, 3.05) is 7.11 Å². The topological polar surface area (TPSA) is 119 Å². The van der Waals surface area contributed by atoms with E-state index in [1.807, 2.05) is 0 Å². The van der Waals surface area contributed by atoms with Crippen molar-refractivity contribution in [2.45, 2.75) is 110 Å². The second-order valence-electron chi connectivity index (χ2n) is 12.9. The maximum absolute atomic E-state index is 12.4. The van der Waals surface area contributed by atoms with Crippen LogP contribution in [0.3, 0.4) is 0 Å². The van der Waals surface area contributed by atoms with Crippen LogP contribution in [0.4, 0.5) is 0 Å². The number of rotatable bonds is 6. The lowest BCUT2D eigenvalue weighted by atomic mass is 9.42. The summed E-state index contributed by atoms with van der Waals surface area (Å²) in [5.41, 5.74) is -0.808. The molecule has 4 rings (SSSR count). The molecule has 0 aliphatic heterocycles. The predicted molar refractivity (Wildman–Crippen MR) is 135 cm³/mol. The van der Waals surface area contributed by atoms with Gasteiger partial charge in [0.2, 0.25) is 0 Å². The molecule has 12 atom stereocenters. The smallest absolute Gasteiger partial charge is 0.305 e. The van der Waals surface area contributed by atoms with Crippen molar-refractivity contribution in [3.05, 3.63) is 0 Å². The van der Waals surface area contributed by atoms with Crippen LogP contribution in [0.1, 0.15) is 86.0 Å². The van der Waals surface area contributed by atoms with Gasteiger partial charge < -0.3 is 24.4 Å². The minimum absolute atomic E-state index is 0.00958. The Morgan fingerprint density at radius 2 is 1.59 bits per heavy atom. The van der Waals surface area contributed by atoms with Crippen molar-refractivity contribution < 1.29 is 38.8 Å². The monoisotopic (exact) mass is 522 g/mol. The number of hydrogen-bond acceptors (Lipinski definition) is 8. The summed E-state index contributed by atoms with van der Waals surface area (Å²) >= 11 is 0. The molecule has 0 unspecified atom stereocenters. The van der Waals surface area contributed by atoms with Crippen LogP contribution in [0.15, 0.2) is 0 Å². The molecule has 37 heavy (non-hydrogen) atoms. The molecule has 0 saturated heterocycles. The Kier molecular flexibility index (Phi) is 8.03. The molecule has 8 nitrogen and oxygen atoms in total. The number of hydrogen-bond donors (Lipinski definition) is 2. The van der Waals surface area contributed by atoms with Gasteiger partial charge in [-0.1, -0.05) is 20.8 Å². The third-order valence-electron chi connectivity index (χ3n) is 11.2. The van der Waals surface area contributed by atoms with E-state index in [1.165, 1.54) is 21.0 Å². The molecule has 4 saturated carbocycles. The number of aliphatic hydroxyl groups excluding tert-OH is 2. The summed E-state index contributed by atoms with van der Waals surface area (Å²) in [6.45, 7) is 9.44.